The number of hydrogen-bond donors (Lipinski definition) is 1. The molecule has 10 nitrogen and oxygen atoms in total. The van der Waals surface area contributed by atoms with E-state index in [-0.39, 0.29) is 30.3 Å². The van der Waals surface area contributed by atoms with Crippen LogP contribution < -0.4 is 10.2 Å². The molecule has 0 spiro atoms. The van der Waals surface area contributed by atoms with Crippen molar-refractivity contribution in [3.05, 3.63) is 64.2 Å². The number of non-ortho nitro benzene ring substituents is 1. The van der Waals surface area contributed by atoms with Gasteiger partial charge in [-0.05, 0) is 25.1 Å². The van der Waals surface area contributed by atoms with Crippen LogP contribution in [0.25, 0.3) is 0 Å². The number of anilines is 2. The lowest BCUT2D eigenvalue weighted by Gasteiger charge is -2.16. The molecule has 0 aromatic heterocycles. The molecule has 31 heavy (non-hydrogen) atoms. The molecule has 2 amide bonds. The van der Waals surface area contributed by atoms with Crippen LogP contribution in [-0.2, 0) is 19.1 Å². The molecule has 160 valence electrons. The van der Waals surface area contributed by atoms with Crippen LogP contribution in [0.5, 0.6) is 0 Å². The number of benzene rings is 2. The van der Waals surface area contributed by atoms with Crippen LogP contribution in [-0.4, -0.2) is 41.6 Å². The maximum Gasteiger partial charge on any atom is 0.311 e. The van der Waals surface area contributed by atoms with Crippen LogP contribution in [0.3, 0.4) is 0 Å². The Labute approximate surface area is 176 Å². The Bertz CT molecular complexity index is 1070. The summed E-state index contributed by atoms with van der Waals surface area (Å²) in [6.45, 7) is 0.855. The molecule has 2 aromatic rings. The molecule has 0 aliphatic carbocycles. The molecule has 0 radical (unpaired) electrons. The fourth-order valence-corrected chi connectivity index (χ4v) is 3.16. The van der Waals surface area contributed by atoms with Crippen molar-refractivity contribution >= 4 is 40.6 Å². The van der Waals surface area contributed by atoms with E-state index in [0.717, 1.165) is 0 Å². The molecule has 1 saturated heterocycles. The summed E-state index contributed by atoms with van der Waals surface area (Å²) in [5, 5.41) is 13.5. The maximum absolute atomic E-state index is 12.3. The number of Topliss-reactive ketones (excluding diaryl/α,β-unsaturated/α-hetero) is 1. The first-order valence-corrected chi connectivity index (χ1v) is 9.37. The number of nitro benzene ring substituents is 1. The van der Waals surface area contributed by atoms with Gasteiger partial charge in [0.25, 0.3) is 11.6 Å². The van der Waals surface area contributed by atoms with Crippen LogP contribution in [0.15, 0.2) is 48.5 Å². The molecule has 1 heterocycles. The van der Waals surface area contributed by atoms with E-state index in [9.17, 15) is 29.3 Å². The molecule has 3 rings (SSSR count). The van der Waals surface area contributed by atoms with E-state index in [0.29, 0.717) is 16.9 Å². The molecule has 10 heteroatoms. The summed E-state index contributed by atoms with van der Waals surface area (Å²) in [6.07, 6.45) is -0.121. The normalized spacial score (nSPS) is 15.5. The number of carbonyl (C=O) groups excluding carboxylic acids is 4. The fraction of sp³-hybridized carbons (Fsp3) is 0.238. The van der Waals surface area contributed by atoms with E-state index in [1.165, 1.54) is 36.1 Å². The van der Waals surface area contributed by atoms with Gasteiger partial charge in [-0.25, -0.2) is 0 Å². The Hall–Kier alpha value is -4.08. The van der Waals surface area contributed by atoms with E-state index < -0.39 is 29.3 Å². The van der Waals surface area contributed by atoms with Crippen molar-refractivity contribution in [2.45, 2.75) is 13.3 Å². The largest absolute Gasteiger partial charge is 0.455 e. The van der Waals surface area contributed by atoms with Crippen molar-refractivity contribution in [2.24, 2.45) is 5.92 Å². The highest BCUT2D eigenvalue weighted by Gasteiger charge is 2.36. The smallest absolute Gasteiger partial charge is 0.311 e. The number of nitrogens with one attached hydrogen (secondary N) is 1. The van der Waals surface area contributed by atoms with E-state index in [1.807, 2.05) is 0 Å². The second kappa shape index (κ2) is 9.16. The summed E-state index contributed by atoms with van der Waals surface area (Å²) in [7, 11) is 0. The van der Waals surface area contributed by atoms with Gasteiger partial charge in [0.05, 0.1) is 16.5 Å². The SMILES string of the molecule is CC(=O)c1cccc(NC(=O)COC(=O)[C@@H]2CC(=O)N(c3cccc([N+](=O)[O-])c3)C2)c1. The predicted octanol–water partition coefficient (Wildman–Crippen LogP) is 2.33. The molecule has 1 aliphatic rings. The Morgan fingerprint density at radius 2 is 1.94 bits per heavy atom. The second-order valence-electron chi connectivity index (χ2n) is 6.98. The Balaban J connectivity index is 1.55. The van der Waals surface area contributed by atoms with Gasteiger partial charge in [0.2, 0.25) is 5.91 Å². The second-order valence-corrected chi connectivity index (χ2v) is 6.98. The average molecular weight is 425 g/mol. The standard InChI is InChI=1S/C21H19N3O7/c1-13(25)14-4-2-5-16(8-14)22-19(26)12-31-21(28)15-9-20(27)23(11-15)17-6-3-7-18(10-17)24(29)30/h2-8,10,15H,9,11-12H2,1H3,(H,22,26)/t15-/m1/s1. The topological polar surface area (TPSA) is 136 Å². The Morgan fingerprint density at radius 1 is 1.19 bits per heavy atom. The minimum absolute atomic E-state index is 0.00110. The highest BCUT2D eigenvalue weighted by molar-refractivity contribution is 6.00. The number of nitrogens with zero attached hydrogens (tertiary/aromatic N) is 2. The third-order valence-electron chi connectivity index (χ3n) is 4.71. The summed E-state index contributed by atoms with van der Waals surface area (Å²) in [4.78, 5) is 59.7. The van der Waals surface area contributed by atoms with Gasteiger partial charge in [-0.1, -0.05) is 18.2 Å². The first kappa shape index (κ1) is 21.6. The average Bonchev–Trinajstić information content (AvgIpc) is 3.14. The molecule has 0 unspecified atom stereocenters. The predicted molar refractivity (Wildman–Crippen MR) is 110 cm³/mol. The van der Waals surface area contributed by atoms with E-state index in [4.69, 9.17) is 4.74 Å². The van der Waals surface area contributed by atoms with Crippen molar-refractivity contribution in [1.29, 1.82) is 0 Å². The molecule has 0 saturated carbocycles. The van der Waals surface area contributed by atoms with E-state index in [1.54, 1.807) is 24.3 Å². The number of amides is 2. The van der Waals surface area contributed by atoms with E-state index >= 15 is 0 Å². The molecule has 0 bridgehead atoms. The zero-order valence-electron chi connectivity index (χ0n) is 16.6. The molecule has 1 fully saturated rings. The first-order chi connectivity index (χ1) is 14.7. The Kier molecular flexibility index (Phi) is 6.39. The molecule has 1 N–H and O–H groups in total. The molecular weight excluding hydrogens is 406 g/mol. The quantitative estimate of drug-likeness (QED) is 0.311. The number of carbonyl (C=O) groups is 4. The number of rotatable bonds is 7. The maximum atomic E-state index is 12.3. The van der Waals surface area contributed by atoms with Crippen LogP contribution in [0.4, 0.5) is 17.1 Å². The van der Waals surface area contributed by atoms with Crippen LogP contribution in [0.1, 0.15) is 23.7 Å². The third kappa shape index (κ3) is 5.30. The summed E-state index contributed by atoms with van der Waals surface area (Å²) in [5.41, 5.74) is 0.974. The molecular formula is C21H19N3O7. The van der Waals surface area contributed by atoms with Gasteiger partial charge in [0, 0.05) is 36.3 Å². The lowest BCUT2D eigenvalue weighted by molar-refractivity contribution is -0.384. The third-order valence-corrected chi connectivity index (χ3v) is 4.71. The summed E-state index contributed by atoms with van der Waals surface area (Å²) >= 11 is 0. The summed E-state index contributed by atoms with van der Waals surface area (Å²) < 4.78 is 5.03. The van der Waals surface area contributed by atoms with Gasteiger partial charge in [-0.2, -0.15) is 0 Å². The number of hydrogen-bond acceptors (Lipinski definition) is 7. The van der Waals surface area contributed by atoms with Gasteiger partial charge in [0.15, 0.2) is 12.4 Å². The van der Waals surface area contributed by atoms with Gasteiger partial charge >= 0.3 is 5.97 Å². The number of ketones is 1. The molecule has 2 aromatic carbocycles. The van der Waals surface area contributed by atoms with Crippen molar-refractivity contribution in [3.63, 3.8) is 0 Å². The molecule has 1 aliphatic heterocycles. The molecule has 1 atom stereocenters. The minimum atomic E-state index is -0.791. The van der Waals surface area contributed by atoms with Gasteiger partial charge < -0.3 is 15.0 Å². The van der Waals surface area contributed by atoms with Crippen LogP contribution in [0, 0.1) is 16.0 Å². The number of esters is 1. The highest BCUT2D eigenvalue weighted by atomic mass is 16.6. The van der Waals surface area contributed by atoms with E-state index in [2.05, 4.69) is 5.32 Å². The van der Waals surface area contributed by atoms with Gasteiger partial charge in [0.1, 0.15) is 0 Å². The van der Waals surface area contributed by atoms with Crippen LogP contribution >= 0.6 is 0 Å². The fourth-order valence-electron chi connectivity index (χ4n) is 3.16. The zero-order chi connectivity index (χ0) is 22.5. The zero-order valence-corrected chi connectivity index (χ0v) is 16.6. The van der Waals surface area contributed by atoms with Crippen molar-refractivity contribution < 1.29 is 28.8 Å². The van der Waals surface area contributed by atoms with Crippen molar-refractivity contribution in [2.75, 3.05) is 23.4 Å². The van der Waals surface area contributed by atoms with Gasteiger partial charge in [-0.15, -0.1) is 0 Å². The summed E-state index contributed by atoms with van der Waals surface area (Å²) in [6, 6.07) is 11.9. The summed E-state index contributed by atoms with van der Waals surface area (Å²) in [5.74, 6) is -2.61. The van der Waals surface area contributed by atoms with Crippen LogP contribution in [0.2, 0.25) is 0 Å². The monoisotopic (exact) mass is 425 g/mol. The lowest BCUT2D eigenvalue weighted by atomic mass is 10.1. The number of ether oxygens (including phenoxy) is 1. The number of nitro groups is 1. The van der Waals surface area contributed by atoms with Crippen molar-refractivity contribution in [3.8, 4) is 0 Å². The first-order valence-electron chi connectivity index (χ1n) is 9.37. The van der Waals surface area contributed by atoms with Gasteiger partial charge in [-0.3, -0.25) is 29.3 Å². The lowest BCUT2D eigenvalue weighted by Crippen LogP contribution is -2.28. The van der Waals surface area contributed by atoms with Crippen molar-refractivity contribution in [1.82, 2.24) is 0 Å². The minimum Gasteiger partial charge on any atom is -0.455 e. The Morgan fingerprint density at radius 3 is 2.65 bits per heavy atom. The highest BCUT2D eigenvalue weighted by Crippen LogP contribution is 2.28.